The van der Waals surface area contributed by atoms with Crippen molar-refractivity contribution in [1.82, 2.24) is 24.6 Å². The first-order valence-electron chi connectivity index (χ1n) is 12.3. The summed E-state index contributed by atoms with van der Waals surface area (Å²) >= 11 is 1.48. The second kappa shape index (κ2) is 11.2. The first-order chi connectivity index (χ1) is 16.0. The number of anilines is 1. The molecule has 4 rings (SSSR count). The van der Waals surface area contributed by atoms with Gasteiger partial charge in [0, 0.05) is 69.4 Å². The number of nitrogens with one attached hydrogen (secondary N) is 1. The first-order valence-corrected chi connectivity index (χ1v) is 13.1. The molecule has 0 atom stereocenters. The van der Waals surface area contributed by atoms with E-state index in [4.69, 9.17) is 0 Å². The van der Waals surface area contributed by atoms with Crippen LogP contribution in [0.2, 0.25) is 0 Å². The lowest BCUT2D eigenvalue weighted by Gasteiger charge is -2.35. The van der Waals surface area contributed by atoms with Crippen LogP contribution in [-0.4, -0.2) is 69.1 Å². The summed E-state index contributed by atoms with van der Waals surface area (Å²) in [5, 5.41) is 12.8. The lowest BCUT2D eigenvalue weighted by Crippen LogP contribution is -2.49. The molecule has 9 heteroatoms. The maximum Gasteiger partial charge on any atom is 0.226 e. The molecule has 1 saturated carbocycles. The maximum absolute atomic E-state index is 12.6. The van der Waals surface area contributed by atoms with Crippen LogP contribution in [0.4, 0.5) is 5.13 Å². The van der Waals surface area contributed by atoms with E-state index in [9.17, 15) is 9.59 Å². The molecule has 2 aromatic heterocycles. The Kier molecular flexibility index (Phi) is 8.14. The zero-order chi connectivity index (χ0) is 23.2. The van der Waals surface area contributed by atoms with Crippen molar-refractivity contribution in [3.63, 3.8) is 0 Å². The fraction of sp³-hybridized carbons (Fsp3) is 0.667. The number of aryl methyl sites for hydroxylation is 2. The van der Waals surface area contributed by atoms with Crippen LogP contribution in [0.5, 0.6) is 0 Å². The molecule has 0 aromatic carbocycles. The van der Waals surface area contributed by atoms with E-state index in [1.807, 2.05) is 4.90 Å². The van der Waals surface area contributed by atoms with Crippen LogP contribution < -0.4 is 5.32 Å². The molecule has 1 aliphatic carbocycles. The third-order valence-electron chi connectivity index (χ3n) is 6.99. The van der Waals surface area contributed by atoms with Crippen LogP contribution in [0.3, 0.4) is 0 Å². The maximum atomic E-state index is 12.6. The fourth-order valence-electron chi connectivity index (χ4n) is 4.87. The number of rotatable bonds is 8. The van der Waals surface area contributed by atoms with Crippen molar-refractivity contribution in [1.29, 1.82) is 0 Å². The van der Waals surface area contributed by atoms with Gasteiger partial charge in [-0.05, 0) is 38.8 Å². The van der Waals surface area contributed by atoms with Crippen LogP contribution in [-0.2, 0) is 16.1 Å². The van der Waals surface area contributed by atoms with Gasteiger partial charge in [-0.15, -0.1) is 10.2 Å². The standard InChI is InChI=1S/C24H36N6O2S/c1-18-8-9-19(2)30(18)17-14-28-12-15-29(16-13-28)22(32)11-10-21(31)25-24-27-26-23(33-24)20-6-4-3-5-7-20/h8-9,20H,3-7,10-17H2,1-2H3,(H,25,27,31). The number of carbonyl (C=O) groups excluding carboxylic acids is 2. The van der Waals surface area contributed by atoms with Crippen molar-refractivity contribution in [2.45, 2.75) is 71.3 Å². The molecule has 0 bridgehead atoms. The van der Waals surface area contributed by atoms with Crippen molar-refractivity contribution >= 4 is 28.3 Å². The molecule has 1 aliphatic heterocycles. The number of piperazine rings is 1. The van der Waals surface area contributed by atoms with Crippen molar-refractivity contribution in [2.75, 3.05) is 38.0 Å². The molecule has 0 spiro atoms. The number of carbonyl (C=O) groups is 2. The predicted octanol–water partition coefficient (Wildman–Crippen LogP) is 3.57. The normalized spacial score (nSPS) is 17.9. The number of hydrogen-bond donors (Lipinski definition) is 1. The number of aromatic nitrogens is 3. The molecule has 1 saturated heterocycles. The topological polar surface area (TPSA) is 83.4 Å². The van der Waals surface area contributed by atoms with E-state index in [1.165, 1.54) is 42.0 Å². The number of nitrogens with zero attached hydrogens (tertiary/aromatic N) is 5. The van der Waals surface area contributed by atoms with Gasteiger partial charge in [-0.2, -0.15) is 0 Å². The SMILES string of the molecule is Cc1ccc(C)n1CCN1CCN(C(=O)CCC(=O)Nc2nnc(C3CCCCC3)s2)CC1. The summed E-state index contributed by atoms with van der Waals surface area (Å²) in [7, 11) is 0. The highest BCUT2D eigenvalue weighted by atomic mass is 32.1. The van der Waals surface area contributed by atoms with E-state index in [0.717, 1.165) is 57.1 Å². The minimum atomic E-state index is -0.161. The van der Waals surface area contributed by atoms with Gasteiger partial charge in [0.05, 0.1) is 0 Å². The Morgan fingerprint density at radius 1 is 0.970 bits per heavy atom. The third-order valence-corrected chi connectivity index (χ3v) is 7.99. The second-order valence-electron chi connectivity index (χ2n) is 9.32. The van der Waals surface area contributed by atoms with Gasteiger partial charge in [0.25, 0.3) is 0 Å². The Morgan fingerprint density at radius 2 is 1.67 bits per heavy atom. The average Bonchev–Trinajstić information content (AvgIpc) is 3.43. The Morgan fingerprint density at radius 3 is 2.36 bits per heavy atom. The molecule has 2 aliphatic rings. The van der Waals surface area contributed by atoms with Crippen LogP contribution in [0.1, 0.15) is 67.3 Å². The molecule has 2 fully saturated rings. The van der Waals surface area contributed by atoms with Crippen molar-refractivity contribution in [3.05, 3.63) is 28.5 Å². The van der Waals surface area contributed by atoms with Gasteiger partial charge in [0.2, 0.25) is 16.9 Å². The monoisotopic (exact) mass is 472 g/mol. The Balaban J connectivity index is 1.14. The highest BCUT2D eigenvalue weighted by Gasteiger charge is 2.23. The predicted molar refractivity (Wildman–Crippen MR) is 131 cm³/mol. The average molecular weight is 473 g/mol. The summed E-state index contributed by atoms with van der Waals surface area (Å²) in [6.45, 7) is 9.47. The Bertz CT molecular complexity index is 921. The van der Waals surface area contributed by atoms with E-state index in [0.29, 0.717) is 11.0 Å². The minimum absolute atomic E-state index is 0.0575. The molecule has 2 amide bonds. The first kappa shape index (κ1) is 23.9. The molecule has 180 valence electrons. The quantitative estimate of drug-likeness (QED) is 0.635. The summed E-state index contributed by atoms with van der Waals surface area (Å²) in [5.41, 5.74) is 2.58. The summed E-state index contributed by atoms with van der Waals surface area (Å²) in [5.74, 6) is 0.381. The van der Waals surface area contributed by atoms with Crippen molar-refractivity contribution < 1.29 is 9.59 Å². The summed E-state index contributed by atoms with van der Waals surface area (Å²) in [6.07, 6.45) is 6.54. The largest absolute Gasteiger partial charge is 0.348 e. The van der Waals surface area contributed by atoms with E-state index in [2.05, 4.69) is 51.0 Å². The summed E-state index contributed by atoms with van der Waals surface area (Å²) in [4.78, 5) is 29.2. The van der Waals surface area contributed by atoms with Crippen LogP contribution in [0.25, 0.3) is 0 Å². The molecule has 1 N–H and O–H groups in total. The van der Waals surface area contributed by atoms with E-state index >= 15 is 0 Å². The highest BCUT2D eigenvalue weighted by Crippen LogP contribution is 2.35. The molecule has 33 heavy (non-hydrogen) atoms. The highest BCUT2D eigenvalue weighted by molar-refractivity contribution is 7.15. The number of amides is 2. The van der Waals surface area contributed by atoms with Crippen LogP contribution in [0.15, 0.2) is 12.1 Å². The molecule has 0 unspecified atom stereocenters. The second-order valence-corrected chi connectivity index (χ2v) is 10.3. The van der Waals surface area contributed by atoms with Gasteiger partial charge < -0.3 is 14.8 Å². The lowest BCUT2D eigenvalue weighted by molar-refractivity contribution is -0.134. The van der Waals surface area contributed by atoms with E-state index in [1.54, 1.807) is 0 Å². The van der Waals surface area contributed by atoms with Crippen molar-refractivity contribution in [3.8, 4) is 0 Å². The van der Waals surface area contributed by atoms with Gasteiger partial charge in [0.15, 0.2) is 0 Å². The van der Waals surface area contributed by atoms with Crippen LogP contribution in [0, 0.1) is 13.8 Å². The molecule has 2 aromatic rings. The fourth-order valence-corrected chi connectivity index (χ4v) is 5.80. The van der Waals surface area contributed by atoms with Gasteiger partial charge in [-0.1, -0.05) is 30.6 Å². The summed E-state index contributed by atoms with van der Waals surface area (Å²) in [6, 6.07) is 4.31. The van der Waals surface area contributed by atoms with Gasteiger partial charge in [-0.3, -0.25) is 14.5 Å². The van der Waals surface area contributed by atoms with Crippen molar-refractivity contribution in [2.24, 2.45) is 0 Å². The Hall–Kier alpha value is -2.26. The molecule has 0 radical (unpaired) electrons. The zero-order valence-electron chi connectivity index (χ0n) is 19.9. The third kappa shape index (κ3) is 6.41. The van der Waals surface area contributed by atoms with Crippen LogP contribution >= 0.6 is 11.3 Å². The molecular formula is C24H36N6O2S. The van der Waals surface area contributed by atoms with E-state index in [-0.39, 0.29) is 24.7 Å². The van der Waals surface area contributed by atoms with Gasteiger partial charge in [0.1, 0.15) is 5.01 Å². The van der Waals surface area contributed by atoms with Gasteiger partial charge >= 0.3 is 0 Å². The molecule has 3 heterocycles. The molecule has 8 nitrogen and oxygen atoms in total. The smallest absolute Gasteiger partial charge is 0.226 e. The van der Waals surface area contributed by atoms with E-state index < -0.39 is 0 Å². The summed E-state index contributed by atoms with van der Waals surface area (Å²) < 4.78 is 2.34. The molecular weight excluding hydrogens is 436 g/mol. The number of hydrogen-bond acceptors (Lipinski definition) is 6. The minimum Gasteiger partial charge on any atom is -0.348 e. The van der Waals surface area contributed by atoms with Gasteiger partial charge in [-0.25, -0.2) is 0 Å². The Labute approximate surface area is 200 Å². The lowest BCUT2D eigenvalue weighted by atomic mass is 9.90. The zero-order valence-corrected chi connectivity index (χ0v) is 20.7.